The summed E-state index contributed by atoms with van der Waals surface area (Å²) in [6, 6.07) is 29.1. The molecule has 4 aromatic carbocycles. The van der Waals surface area contributed by atoms with Gasteiger partial charge in [0.05, 0.1) is 33.9 Å². The summed E-state index contributed by atoms with van der Waals surface area (Å²) in [6.07, 6.45) is 0.778. The summed E-state index contributed by atoms with van der Waals surface area (Å²) in [5, 5.41) is 5.64. The van der Waals surface area contributed by atoms with Crippen LogP contribution in [0, 0.1) is 6.92 Å². The lowest BCUT2D eigenvalue weighted by atomic mass is 10.1. The second-order valence-corrected chi connectivity index (χ2v) is 10.9. The fraction of sp³-hybridized carbons (Fsp3) is 0.161. The molecule has 0 aliphatic heterocycles. The Morgan fingerprint density at radius 2 is 1.36 bits per heavy atom. The van der Waals surface area contributed by atoms with E-state index in [2.05, 4.69) is 10.6 Å². The third-order valence-electron chi connectivity index (χ3n) is 6.15. The first kappa shape index (κ1) is 27.6. The molecule has 0 saturated carbocycles. The van der Waals surface area contributed by atoms with Crippen LogP contribution in [0.3, 0.4) is 0 Å². The largest absolute Gasteiger partial charge is 0.352 e. The minimum absolute atomic E-state index is 0.0252. The second-order valence-electron chi connectivity index (χ2n) is 9.08. The molecule has 0 heterocycles. The van der Waals surface area contributed by atoms with Crippen molar-refractivity contribution in [2.45, 2.75) is 31.7 Å². The molecular weight excluding hydrogens is 510 g/mol. The van der Waals surface area contributed by atoms with Crippen LogP contribution in [0.15, 0.2) is 108 Å². The van der Waals surface area contributed by atoms with Crippen molar-refractivity contribution in [2.75, 3.05) is 16.2 Å². The van der Waals surface area contributed by atoms with E-state index in [0.29, 0.717) is 17.8 Å². The Morgan fingerprint density at radius 3 is 2.05 bits per heavy atom. The lowest BCUT2D eigenvalue weighted by Gasteiger charge is -2.27. The van der Waals surface area contributed by atoms with Crippen LogP contribution in [0.2, 0.25) is 0 Å². The van der Waals surface area contributed by atoms with Crippen LogP contribution in [0.1, 0.15) is 45.2 Å². The molecule has 0 radical (unpaired) electrons. The zero-order chi connectivity index (χ0) is 27.8. The van der Waals surface area contributed by atoms with Crippen molar-refractivity contribution < 1.29 is 18.0 Å². The van der Waals surface area contributed by atoms with E-state index in [1.165, 1.54) is 4.31 Å². The summed E-state index contributed by atoms with van der Waals surface area (Å²) in [7, 11) is -4.04. The number of hydrogen-bond acceptors (Lipinski definition) is 4. The number of sulfonamides is 1. The maximum Gasteiger partial charge on any atom is 0.264 e. The lowest BCUT2D eigenvalue weighted by Crippen LogP contribution is -2.32. The average Bonchev–Trinajstić information content (AvgIpc) is 2.95. The summed E-state index contributed by atoms with van der Waals surface area (Å²) in [5.41, 5.74) is 2.75. The quantitative estimate of drug-likeness (QED) is 0.266. The van der Waals surface area contributed by atoms with Gasteiger partial charge in [0.1, 0.15) is 0 Å². The second kappa shape index (κ2) is 12.4. The van der Waals surface area contributed by atoms with E-state index >= 15 is 0 Å². The molecule has 0 aliphatic rings. The molecule has 39 heavy (non-hydrogen) atoms. The Bertz CT molecular complexity index is 1550. The molecule has 2 N–H and O–H groups in total. The van der Waals surface area contributed by atoms with Gasteiger partial charge in [0.25, 0.3) is 21.8 Å². The number of anilines is 2. The van der Waals surface area contributed by atoms with E-state index in [1.54, 1.807) is 72.8 Å². The highest BCUT2D eigenvalue weighted by Crippen LogP contribution is 2.30. The van der Waals surface area contributed by atoms with Crippen molar-refractivity contribution in [3.63, 3.8) is 0 Å². The summed E-state index contributed by atoms with van der Waals surface area (Å²) < 4.78 is 29.2. The van der Waals surface area contributed by atoms with Gasteiger partial charge in [0.2, 0.25) is 0 Å². The average molecular weight is 542 g/mol. The van der Waals surface area contributed by atoms with Gasteiger partial charge >= 0.3 is 0 Å². The molecule has 4 aromatic rings. The van der Waals surface area contributed by atoms with Gasteiger partial charge in [-0.15, -0.1) is 0 Å². The molecule has 200 valence electrons. The molecule has 0 aliphatic carbocycles. The van der Waals surface area contributed by atoms with E-state index in [9.17, 15) is 18.0 Å². The highest BCUT2D eigenvalue weighted by Gasteiger charge is 2.29. The number of nitrogens with one attached hydrogen (secondary N) is 2. The zero-order valence-electron chi connectivity index (χ0n) is 21.9. The molecule has 0 spiro atoms. The normalized spacial score (nSPS) is 11.0. The maximum atomic E-state index is 14.0. The monoisotopic (exact) mass is 541 g/mol. The highest BCUT2D eigenvalue weighted by atomic mass is 32.2. The smallest absolute Gasteiger partial charge is 0.264 e. The van der Waals surface area contributed by atoms with Crippen molar-refractivity contribution >= 4 is 33.2 Å². The van der Waals surface area contributed by atoms with Crippen LogP contribution in [-0.4, -0.2) is 26.8 Å². The number of amides is 2. The first-order valence-electron chi connectivity index (χ1n) is 12.7. The van der Waals surface area contributed by atoms with Crippen molar-refractivity contribution in [3.8, 4) is 0 Å². The Kier molecular flexibility index (Phi) is 8.78. The predicted molar refractivity (Wildman–Crippen MR) is 154 cm³/mol. The molecule has 8 heteroatoms. The number of carbonyl (C=O) groups excluding carboxylic acids is 2. The molecule has 2 amide bonds. The summed E-state index contributed by atoms with van der Waals surface area (Å²) >= 11 is 0. The SMILES string of the molecule is CCCNC(=O)c1ccccc1NC(=O)c1ccccc1N(Cc1ccccc1)S(=O)(=O)c1ccc(C)cc1. The van der Waals surface area contributed by atoms with E-state index in [4.69, 9.17) is 0 Å². The van der Waals surface area contributed by atoms with Crippen molar-refractivity contribution in [2.24, 2.45) is 0 Å². The van der Waals surface area contributed by atoms with Crippen LogP contribution >= 0.6 is 0 Å². The van der Waals surface area contributed by atoms with Crippen molar-refractivity contribution in [1.29, 1.82) is 0 Å². The molecule has 7 nitrogen and oxygen atoms in total. The van der Waals surface area contributed by atoms with Gasteiger partial charge in [-0.25, -0.2) is 8.42 Å². The minimum atomic E-state index is -4.04. The number of benzene rings is 4. The van der Waals surface area contributed by atoms with Gasteiger partial charge in [-0.1, -0.05) is 79.2 Å². The lowest BCUT2D eigenvalue weighted by molar-refractivity contribution is 0.0954. The van der Waals surface area contributed by atoms with Gasteiger partial charge in [0, 0.05) is 6.54 Å². The highest BCUT2D eigenvalue weighted by molar-refractivity contribution is 7.92. The fourth-order valence-electron chi connectivity index (χ4n) is 4.08. The molecule has 0 bridgehead atoms. The summed E-state index contributed by atoms with van der Waals surface area (Å²) in [5.74, 6) is -0.827. The Morgan fingerprint density at radius 1 is 0.744 bits per heavy atom. The van der Waals surface area contributed by atoms with Crippen molar-refractivity contribution in [3.05, 3.63) is 125 Å². The van der Waals surface area contributed by atoms with Gasteiger partial charge in [0.15, 0.2) is 0 Å². The number of rotatable bonds is 10. The number of para-hydroxylation sites is 2. The standard InChI is InChI=1S/C31H31N3O4S/c1-3-21-32-30(35)26-13-7-9-15-28(26)33-31(36)27-14-8-10-16-29(27)34(22-24-11-5-4-6-12-24)39(37,38)25-19-17-23(2)18-20-25/h4-20H,3,21-22H2,1-2H3,(H,32,35)(H,33,36). The van der Waals surface area contributed by atoms with Gasteiger partial charge in [-0.3, -0.25) is 13.9 Å². The van der Waals surface area contributed by atoms with E-state index < -0.39 is 15.9 Å². The van der Waals surface area contributed by atoms with Gasteiger partial charge < -0.3 is 10.6 Å². The van der Waals surface area contributed by atoms with Gasteiger partial charge in [-0.05, 0) is 55.3 Å². The molecule has 0 fully saturated rings. The molecule has 0 saturated heterocycles. The molecular formula is C31H31N3O4S. The van der Waals surface area contributed by atoms with Crippen LogP contribution < -0.4 is 14.9 Å². The van der Waals surface area contributed by atoms with Crippen LogP contribution in [-0.2, 0) is 16.6 Å². The first-order chi connectivity index (χ1) is 18.8. The predicted octanol–water partition coefficient (Wildman–Crippen LogP) is 5.78. The molecule has 0 aromatic heterocycles. The topological polar surface area (TPSA) is 95.6 Å². The number of aryl methyl sites for hydroxylation is 1. The number of nitrogens with zero attached hydrogens (tertiary/aromatic N) is 1. The van der Waals surface area contributed by atoms with Crippen LogP contribution in [0.4, 0.5) is 11.4 Å². The molecule has 0 atom stereocenters. The summed E-state index contributed by atoms with van der Waals surface area (Å²) in [6.45, 7) is 4.38. The fourth-order valence-corrected chi connectivity index (χ4v) is 5.55. The van der Waals surface area contributed by atoms with Crippen LogP contribution in [0.5, 0.6) is 0 Å². The number of carbonyl (C=O) groups is 2. The van der Waals surface area contributed by atoms with Crippen LogP contribution in [0.25, 0.3) is 0 Å². The molecule has 4 rings (SSSR count). The van der Waals surface area contributed by atoms with E-state index in [1.807, 2.05) is 44.2 Å². The summed E-state index contributed by atoms with van der Waals surface area (Å²) in [4.78, 5) is 26.4. The molecule has 0 unspecified atom stereocenters. The zero-order valence-corrected chi connectivity index (χ0v) is 22.7. The number of hydrogen-bond donors (Lipinski definition) is 2. The third-order valence-corrected chi connectivity index (χ3v) is 7.92. The minimum Gasteiger partial charge on any atom is -0.352 e. The van der Waals surface area contributed by atoms with Gasteiger partial charge in [-0.2, -0.15) is 0 Å². The first-order valence-corrected chi connectivity index (χ1v) is 14.2. The Labute approximate surface area is 229 Å². The van der Waals surface area contributed by atoms with E-state index in [-0.39, 0.29) is 28.6 Å². The third kappa shape index (κ3) is 6.53. The Balaban J connectivity index is 1.75. The maximum absolute atomic E-state index is 14.0. The van der Waals surface area contributed by atoms with Crippen molar-refractivity contribution in [1.82, 2.24) is 5.32 Å². The van der Waals surface area contributed by atoms with E-state index in [0.717, 1.165) is 17.5 Å². The Hall–Kier alpha value is -4.43.